The van der Waals surface area contributed by atoms with Crippen LogP contribution >= 0.6 is 11.3 Å². The highest BCUT2D eigenvalue weighted by Gasteiger charge is 2.26. The van der Waals surface area contributed by atoms with E-state index in [0.717, 1.165) is 58.4 Å². The summed E-state index contributed by atoms with van der Waals surface area (Å²) in [6.07, 6.45) is 8.10. The molecule has 5 rings (SSSR count). The first-order chi connectivity index (χ1) is 16.1. The van der Waals surface area contributed by atoms with Gasteiger partial charge in [0.25, 0.3) is 10.0 Å². The van der Waals surface area contributed by atoms with E-state index < -0.39 is 21.7 Å². The van der Waals surface area contributed by atoms with Crippen molar-refractivity contribution in [2.75, 3.05) is 5.32 Å². The van der Waals surface area contributed by atoms with Crippen LogP contribution in [0.4, 0.5) is 10.5 Å². The van der Waals surface area contributed by atoms with E-state index in [0.29, 0.717) is 11.3 Å². The van der Waals surface area contributed by atoms with Crippen molar-refractivity contribution in [3.05, 3.63) is 71.1 Å². The number of hydrogen-bond donors (Lipinski definition) is 3. The van der Waals surface area contributed by atoms with Crippen LogP contribution < -0.4 is 10.0 Å². The molecule has 8 nitrogen and oxygen atoms in total. The fraction of sp³-hybridized carbons (Fsp3) is 0.250. The topological polar surface area (TPSA) is 113 Å². The Morgan fingerprint density at radius 1 is 1.21 bits per heavy atom. The number of imidazole rings is 1. The van der Waals surface area contributed by atoms with E-state index >= 15 is 0 Å². The first-order valence-electron chi connectivity index (χ1n) is 10.8. The molecule has 0 bridgehead atoms. The van der Waals surface area contributed by atoms with Gasteiger partial charge >= 0.3 is 6.03 Å². The number of nitrogens with zero attached hydrogens (tertiary/aromatic N) is 2. The molecule has 10 heteroatoms. The lowest BCUT2D eigenvalue weighted by Gasteiger charge is -2.17. The number of amides is 2. The number of benzene rings is 1. The van der Waals surface area contributed by atoms with Gasteiger partial charge in [-0.15, -0.1) is 11.3 Å². The molecule has 3 aromatic heterocycles. The molecule has 1 aliphatic rings. The number of fused-ring (bicyclic) bond motifs is 2. The Labute approximate surface area is 201 Å². The first kappa shape index (κ1) is 22.6. The second-order valence-electron chi connectivity index (χ2n) is 8.90. The van der Waals surface area contributed by atoms with E-state index in [2.05, 4.69) is 21.1 Å². The average molecular weight is 497 g/mol. The molecule has 2 amide bonds. The summed E-state index contributed by atoms with van der Waals surface area (Å²) in [5.74, 6) is 0. The van der Waals surface area contributed by atoms with Gasteiger partial charge in [-0.25, -0.2) is 22.9 Å². The van der Waals surface area contributed by atoms with Crippen molar-refractivity contribution in [3.8, 4) is 11.1 Å². The molecule has 4 aromatic rings. The van der Waals surface area contributed by atoms with Gasteiger partial charge in [-0.1, -0.05) is 18.2 Å². The van der Waals surface area contributed by atoms with Gasteiger partial charge in [0.05, 0.1) is 29.3 Å². The molecule has 0 saturated heterocycles. The number of aromatic nitrogens is 2. The molecule has 1 aliphatic carbocycles. The zero-order valence-electron chi connectivity index (χ0n) is 18.7. The number of sulfonamides is 1. The fourth-order valence-corrected chi connectivity index (χ4v) is 6.47. The molecule has 0 aliphatic heterocycles. The SMILES string of the molecule is CC(C)(O)c1csc(S(=O)(=O)NC(=O)Nc2c(-c3ccc4cncn4c3)ccc3c2CCC3)c1. The van der Waals surface area contributed by atoms with Crippen molar-refractivity contribution in [1.82, 2.24) is 14.1 Å². The number of thiophene rings is 1. The van der Waals surface area contributed by atoms with Crippen molar-refractivity contribution < 1.29 is 18.3 Å². The van der Waals surface area contributed by atoms with Gasteiger partial charge in [0, 0.05) is 17.3 Å². The maximum absolute atomic E-state index is 12.9. The third-order valence-corrected chi connectivity index (χ3v) is 8.78. The van der Waals surface area contributed by atoms with E-state index in [1.807, 2.05) is 28.8 Å². The van der Waals surface area contributed by atoms with Gasteiger partial charge < -0.3 is 14.8 Å². The summed E-state index contributed by atoms with van der Waals surface area (Å²) < 4.78 is 29.6. The maximum Gasteiger partial charge on any atom is 0.333 e. The van der Waals surface area contributed by atoms with E-state index in [9.17, 15) is 18.3 Å². The van der Waals surface area contributed by atoms with Crippen LogP contribution in [-0.2, 0) is 28.5 Å². The molecular formula is C24H24N4O4S2. The predicted octanol–water partition coefficient (Wildman–Crippen LogP) is 4.29. The standard InChI is InChI=1S/C24H24N4O4S2/c1-24(2,30)17-10-21(33-13-17)34(31,32)27-23(29)26-22-19-5-3-4-15(19)7-9-20(22)16-6-8-18-11-25-14-28(18)12-16/h6-14,30H,3-5H2,1-2H3,(H2,26,27,29). The number of aliphatic hydroxyl groups is 1. The molecule has 3 heterocycles. The zero-order chi connectivity index (χ0) is 24.1. The molecular weight excluding hydrogens is 472 g/mol. The van der Waals surface area contributed by atoms with Gasteiger partial charge in [0.1, 0.15) is 4.21 Å². The lowest BCUT2D eigenvalue weighted by atomic mass is 9.98. The Kier molecular flexibility index (Phi) is 5.46. The normalized spacial score (nSPS) is 13.7. The van der Waals surface area contributed by atoms with Crippen LogP contribution in [0, 0.1) is 0 Å². The quantitative estimate of drug-likeness (QED) is 0.382. The van der Waals surface area contributed by atoms with E-state index in [1.165, 1.54) is 6.07 Å². The van der Waals surface area contributed by atoms with Crippen LogP contribution in [0.5, 0.6) is 0 Å². The summed E-state index contributed by atoms with van der Waals surface area (Å²) >= 11 is 0.955. The minimum absolute atomic E-state index is 0.0381. The number of carbonyl (C=O) groups excluding carboxylic acids is 1. The highest BCUT2D eigenvalue weighted by Crippen LogP contribution is 2.38. The van der Waals surface area contributed by atoms with Crippen LogP contribution in [0.15, 0.2) is 58.6 Å². The number of pyridine rings is 1. The number of urea groups is 1. The van der Waals surface area contributed by atoms with Crippen molar-refractivity contribution in [3.63, 3.8) is 0 Å². The monoisotopic (exact) mass is 496 g/mol. The van der Waals surface area contributed by atoms with Crippen LogP contribution in [0.25, 0.3) is 16.6 Å². The number of carbonyl (C=O) groups is 1. The molecule has 0 atom stereocenters. The lowest BCUT2D eigenvalue weighted by molar-refractivity contribution is 0.0789. The van der Waals surface area contributed by atoms with E-state index in [1.54, 1.807) is 31.8 Å². The second kappa shape index (κ2) is 8.23. The second-order valence-corrected chi connectivity index (χ2v) is 11.7. The Hall–Kier alpha value is -3.21. The molecule has 0 saturated carbocycles. The minimum atomic E-state index is -4.10. The number of rotatable bonds is 5. The first-order valence-corrected chi connectivity index (χ1v) is 13.2. The van der Waals surface area contributed by atoms with Gasteiger partial charge in [0.2, 0.25) is 0 Å². The zero-order valence-corrected chi connectivity index (χ0v) is 20.3. The summed E-state index contributed by atoms with van der Waals surface area (Å²) in [4.78, 5) is 17.1. The largest absolute Gasteiger partial charge is 0.386 e. The Morgan fingerprint density at radius 2 is 2.03 bits per heavy atom. The molecule has 176 valence electrons. The summed E-state index contributed by atoms with van der Waals surface area (Å²) in [6.45, 7) is 3.15. The smallest absolute Gasteiger partial charge is 0.333 e. The van der Waals surface area contributed by atoms with Gasteiger partial charge in [-0.3, -0.25) is 0 Å². The lowest BCUT2D eigenvalue weighted by Crippen LogP contribution is -2.34. The van der Waals surface area contributed by atoms with Crippen molar-refractivity contribution >= 4 is 38.6 Å². The number of nitrogens with one attached hydrogen (secondary N) is 2. The highest BCUT2D eigenvalue weighted by molar-refractivity contribution is 7.92. The molecule has 0 fully saturated rings. The Balaban J connectivity index is 1.46. The Morgan fingerprint density at radius 3 is 2.79 bits per heavy atom. The highest BCUT2D eigenvalue weighted by atomic mass is 32.2. The average Bonchev–Trinajstić information content (AvgIpc) is 3.52. The number of hydrogen-bond acceptors (Lipinski definition) is 6. The van der Waals surface area contributed by atoms with Crippen LogP contribution in [-0.4, -0.2) is 28.9 Å². The van der Waals surface area contributed by atoms with Gasteiger partial charge in [-0.2, -0.15) is 0 Å². The Bertz CT molecular complexity index is 1510. The summed E-state index contributed by atoms with van der Waals surface area (Å²) in [7, 11) is -4.10. The molecule has 3 N–H and O–H groups in total. The third kappa shape index (κ3) is 4.20. The fourth-order valence-electron chi connectivity index (χ4n) is 4.22. The summed E-state index contributed by atoms with van der Waals surface area (Å²) in [5, 5.41) is 14.5. The number of aryl methyl sites for hydroxylation is 1. The van der Waals surface area contributed by atoms with E-state index in [-0.39, 0.29) is 4.21 Å². The van der Waals surface area contributed by atoms with Crippen LogP contribution in [0.3, 0.4) is 0 Å². The van der Waals surface area contributed by atoms with Crippen molar-refractivity contribution in [2.24, 2.45) is 0 Å². The molecule has 34 heavy (non-hydrogen) atoms. The molecule has 0 radical (unpaired) electrons. The van der Waals surface area contributed by atoms with Crippen LogP contribution in [0.2, 0.25) is 0 Å². The van der Waals surface area contributed by atoms with Gasteiger partial charge in [0.15, 0.2) is 0 Å². The molecule has 0 unspecified atom stereocenters. The summed E-state index contributed by atoms with van der Waals surface area (Å²) in [6, 6.07) is 8.48. The maximum atomic E-state index is 12.9. The van der Waals surface area contributed by atoms with E-state index in [4.69, 9.17) is 0 Å². The minimum Gasteiger partial charge on any atom is -0.386 e. The van der Waals surface area contributed by atoms with Crippen molar-refractivity contribution in [1.29, 1.82) is 0 Å². The predicted molar refractivity (Wildman–Crippen MR) is 132 cm³/mol. The molecule has 1 aromatic carbocycles. The number of anilines is 1. The molecule has 0 spiro atoms. The van der Waals surface area contributed by atoms with Crippen LogP contribution in [0.1, 0.15) is 37.0 Å². The van der Waals surface area contributed by atoms with Crippen molar-refractivity contribution in [2.45, 2.75) is 42.9 Å². The third-order valence-electron chi connectivity index (χ3n) is 6.01. The van der Waals surface area contributed by atoms with Gasteiger partial charge in [-0.05, 0) is 67.3 Å². The summed E-state index contributed by atoms with van der Waals surface area (Å²) in [5.41, 5.74) is 4.72.